The number of nitro benzene ring substituents is 1. The van der Waals surface area contributed by atoms with Gasteiger partial charge in [0.05, 0.1) is 16.5 Å². The van der Waals surface area contributed by atoms with Crippen molar-refractivity contribution in [2.45, 2.75) is 32.9 Å². The Morgan fingerprint density at radius 3 is 2.77 bits per heavy atom. The van der Waals surface area contributed by atoms with Crippen molar-refractivity contribution in [3.8, 4) is 11.5 Å². The van der Waals surface area contributed by atoms with E-state index in [1.165, 1.54) is 22.8 Å². The summed E-state index contributed by atoms with van der Waals surface area (Å²) in [6, 6.07) is 9.63. The van der Waals surface area contributed by atoms with Crippen LogP contribution in [0.1, 0.15) is 25.3 Å². The molecule has 4 rings (SSSR count). The van der Waals surface area contributed by atoms with E-state index in [1.54, 1.807) is 4.90 Å². The van der Waals surface area contributed by atoms with Gasteiger partial charge in [-0.2, -0.15) is 0 Å². The molecule has 162 valence electrons. The van der Waals surface area contributed by atoms with Gasteiger partial charge in [0.2, 0.25) is 12.7 Å². The number of fused-ring (bicyclic) bond motifs is 2. The SMILES string of the molecule is CCN(Cc1ccc2c(c1)OCO2)C(=O)CCCn1c(=O)oc2cc([N+](=O)[O-])ccc21. The van der Waals surface area contributed by atoms with Crippen molar-refractivity contribution in [3.63, 3.8) is 0 Å². The Morgan fingerprint density at radius 2 is 2.00 bits per heavy atom. The topological polar surface area (TPSA) is 117 Å². The molecule has 0 radical (unpaired) electrons. The highest BCUT2D eigenvalue weighted by atomic mass is 16.7. The number of nitro groups is 1. The molecule has 2 aromatic carbocycles. The van der Waals surface area contributed by atoms with Crippen molar-refractivity contribution in [1.29, 1.82) is 0 Å². The van der Waals surface area contributed by atoms with Gasteiger partial charge in [0.15, 0.2) is 17.1 Å². The van der Waals surface area contributed by atoms with Crippen LogP contribution in [-0.2, 0) is 17.9 Å². The second kappa shape index (κ2) is 8.50. The quantitative estimate of drug-likeness (QED) is 0.400. The lowest BCUT2D eigenvalue weighted by atomic mass is 10.1. The number of amides is 1. The number of oxazole rings is 1. The summed E-state index contributed by atoms with van der Waals surface area (Å²) in [5.74, 6) is 0.737. The number of non-ortho nitro benzene ring substituents is 1. The van der Waals surface area contributed by atoms with E-state index in [0.29, 0.717) is 36.5 Å². The molecular weight excluding hydrogens is 406 g/mol. The maximum Gasteiger partial charge on any atom is 0.419 e. The first kappa shape index (κ1) is 20.5. The summed E-state index contributed by atoms with van der Waals surface area (Å²) in [6.45, 7) is 3.38. The van der Waals surface area contributed by atoms with E-state index in [9.17, 15) is 19.7 Å². The Hall–Kier alpha value is -3.82. The highest BCUT2D eigenvalue weighted by Crippen LogP contribution is 2.32. The second-order valence-electron chi connectivity index (χ2n) is 7.13. The zero-order valence-corrected chi connectivity index (χ0v) is 16.9. The van der Waals surface area contributed by atoms with Crippen LogP contribution < -0.4 is 15.2 Å². The van der Waals surface area contributed by atoms with Crippen LogP contribution in [0.2, 0.25) is 0 Å². The van der Waals surface area contributed by atoms with E-state index >= 15 is 0 Å². The molecule has 0 unspecified atom stereocenters. The van der Waals surface area contributed by atoms with Crippen LogP contribution in [0, 0.1) is 10.1 Å². The number of nitrogens with zero attached hydrogens (tertiary/aromatic N) is 3. The van der Waals surface area contributed by atoms with Crippen LogP contribution in [0.15, 0.2) is 45.6 Å². The molecule has 0 atom stereocenters. The second-order valence-corrected chi connectivity index (χ2v) is 7.13. The molecule has 31 heavy (non-hydrogen) atoms. The Balaban J connectivity index is 1.38. The molecule has 0 N–H and O–H groups in total. The molecule has 1 aromatic heterocycles. The maximum atomic E-state index is 12.7. The predicted octanol–water partition coefficient (Wildman–Crippen LogP) is 3.06. The fraction of sp³-hybridized carbons (Fsp3) is 0.333. The molecule has 10 nitrogen and oxygen atoms in total. The highest BCUT2D eigenvalue weighted by Gasteiger charge is 2.18. The van der Waals surface area contributed by atoms with Gasteiger partial charge < -0.3 is 18.8 Å². The van der Waals surface area contributed by atoms with Crippen molar-refractivity contribution in [2.75, 3.05) is 13.3 Å². The van der Waals surface area contributed by atoms with E-state index in [-0.39, 0.29) is 36.9 Å². The monoisotopic (exact) mass is 427 g/mol. The van der Waals surface area contributed by atoms with Gasteiger partial charge >= 0.3 is 5.76 Å². The summed E-state index contributed by atoms with van der Waals surface area (Å²) in [7, 11) is 0. The first-order chi connectivity index (χ1) is 15.0. The fourth-order valence-electron chi connectivity index (χ4n) is 3.56. The molecule has 0 aliphatic carbocycles. The lowest BCUT2D eigenvalue weighted by Gasteiger charge is -2.21. The molecule has 1 aliphatic rings. The first-order valence-electron chi connectivity index (χ1n) is 9.90. The molecule has 1 aliphatic heterocycles. The van der Waals surface area contributed by atoms with Crippen LogP contribution in [0.25, 0.3) is 11.1 Å². The largest absolute Gasteiger partial charge is 0.454 e. The summed E-state index contributed by atoms with van der Waals surface area (Å²) in [5.41, 5.74) is 1.42. The highest BCUT2D eigenvalue weighted by molar-refractivity contribution is 5.77. The number of carbonyl (C=O) groups excluding carboxylic acids is 1. The number of ether oxygens (including phenoxy) is 2. The Kier molecular flexibility index (Phi) is 5.61. The van der Waals surface area contributed by atoms with Crippen molar-refractivity contribution in [3.05, 3.63) is 62.6 Å². The van der Waals surface area contributed by atoms with Gasteiger partial charge in [-0.15, -0.1) is 0 Å². The predicted molar refractivity (Wildman–Crippen MR) is 110 cm³/mol. The zero-order valence-electron chi connectivity index (χ0n) is 16.9. The van der Waals surface area contributed by atoms with Gasteiger partial charge in [-0.3, -0.25) is 19.5 Å². The summed E-state index contributed by atoms with van der Waals surface area (Å²) < 4.78 is 17.2. The van der Waals surface area contributed by atoms with Gasteiger partial charge in [0, 0.05) is 32.1 Å². The van der Waals surface area contributed by atoms with E-state index in [1.807, 2.05) is 25.1 Å². The lowest BCUT2D eigenvalue weighted by molar-refractivity contribution is -0.384. The van der Waals surface area contributed by atoms with Gasteiger partial charge in [0.1, 0.15) is 0 Å². The average molecular weight is 427 g/mol. The molecule has 0 saturated carbocycles. The van der Waals surface area contributed by atoms with E-state index in [2.05, 4.69) is 0 Å². The van der Waals surface area contributed by atoms with Gasteiger partial charge in [-0.1, -0.05) is 6.07 Å². The summed E-state index contributed by atoms with van der Waals surface area (Å²) in [4.78, 5) is 36.9. The molecule has 0 bridgehead atoms. The van der Waals surface area contributed by atoms with Gasteiger partial charge in [-0.05, 0) is 37.1 Å². The Labute approximate surface area is 176 Å². The minimum absolute atomic E-state index is 0.0309. The van der Waals surface area contributed by atoms with Crippen LogP contribution in [0.3, 0.4) is 0 Å². The average Bonchev–Trinajstić information content (AvgIpc) is 3.34. The Morgan fingerprint density at radius 1 is 1.19 bits per heavy atom. The molecular formula is C21H21N3O7. The van der Waals surface area contributed by atoms with Crippen molar-refractivity contribution in [1.82, 2.24) is 9.47 Å². The first-order valence-corrected chi connectivity index (χ1v) is 9.90. The van der Waals surface area contributed by atoms with Crippen molar-refractivity contribution >= 4 is 22.7 Å². The lowest BCUT2D eigenvalue weighted by Crippen LogP contribution is -2.30. The molecule has 0 fully saturated rings. The number of hydrogen-bond donors (Lipinski definition) is 0. The van der Waals surface area contributed by atoms with Crippen LogP contribution >= 0.6 is 0 Å². The zero-order chi connectivity index (χ0) is 22.0. The maximum absolute atomic E-state index is 12.7. The number of aryl methyl sites for hydroxylation is 1. The summed E-state index contributed by atoms with van der Waals surface area (Å²) in [5, 5.41) is 10.9. The van der Waals surface area contributed by atoms with Crippen LogP contribution in [0.4, 0.5) is 5.69 Å². The third-order valence-electron chi connectivity index (χ3n) is 5.18. The normalized spacial score (nSPS) is 12.3. The third-order valence-corrected chi connectivity index (χ3v) is 5.18. The summed E-state index contributed by atoms with van der Waals surface area (Å²) >= 11 is 0. The van der Waals surface area contributed by atoms with Crippen LogP contribution in [0.5, 0.6) is 11.5 Å². The van der Waals surface area contributed by atoms with Gasteiger partial charge in [-0.25, -0.2) is 4.79 Å². The number of hydrogen-bond acceptors (Lipinski definition) is 7. The molecule has 10 heteroatoms. The molecule has 3 aromatic rings. The van der Waals surface area contributed by atoms with Crippen molar-refractivity contribution in [2.24, 2.45) is 0 Å². The van der Waals surface area contributed by atoms with Crippen LogP contribution in [-0.4, -0.2) is 33.6 Å². The molecule has 0 saturated heterocycles. The molecule has 1 amide bonds. The molecule has 0 spiro atoms. The fourth-order valence-corrected chi connectivity index (χ4v) is 3.56. The van der Waals surface area contributed by atoms with E-state index in [0.717, 1.165) is 5.56 Å². The minimum atomic E-state index is -0.601. The summed E-state index contributed by atoms with van der Waals surface area (Å²) in [6.07, 6.45) is 0.687. The van der Waals surface area contributed by atoms with E-state index in [4.69, 9.17) is 13.9 Å². The number of aromatic nitrogens is 1. The molecule has 2 heterocycles. The minimum Gasteiger partial charge on any atom is -0.454 e. The smallest absolute Gasteiger partial charge is 0.419 e. The van der Waals surface area contributed by atoms with E-state index < -0.39 is 10.7 Å². The van der Waals surface area contributed by atoms with Gasteiger partial charge in [0.25, 0.3) is 5.69 Å². The number of benzene rings is 2. The number of carbonyl (C=O) groups is 1. The third kappa shape index (κ3) is 4.23. The standard InChI is InChI=1S/C21H21N3O7/c1-2-22(12-14-5-8-17-19(10-14)30-13-29-17)20(25)4-3-9-23-16-7-6-15(24(27)28)11-18(16)31-21(23)26/h5-8,10-11H,2-4,9,12-13H2,1H3. The Bertz CT molecular complexity index is 1200. The van der Waals surface area contributed by atoms with Crippen molar-refractivity contribution < 1.29 is 23.6 Å². The number of rotatable bonds is 8.